The highest BCUT2D eigenvalue weighted by molar-refractivity contribution is 5.97. The number of carbonyl (C=O) groups is 1. The molecule has 0 saturated heterocycles. The first kappa shape index (κ1) is 18.5. The van der Waals surface area contributed by atoms with E-state index in [1.807, 2.05) is 6.92 Å². The molecule has 0 N–H and O–H groups in total. The highest BCUT2D eigenvalue weighted by Gasteiger charge is 2.34. The SMILES string of the molecule is CO/C(=C(/C)C(=O)C1CCC(C)(C)CC1)C1CCC(C)(C)CC1. The number of allylic oxidation sites excluding steroid dienone is 2. The zero-order chi connectivity index (χ0) is 17.3. The molecule has 2 aliphatic rings. The van der Waals surface area contributed by atoms with Crippen molar-refractivity contribution in [2.24, 2.45) is 22.7 Å². The van der Waals surface area contributed by atoms with Crippen LogP contribution in [0.3, 0.4) is 0 Å². The summed E-state index contributed by atoms with van der Waals surface area (Å²) in [4.78, 5) is 12.9. The third-order valence-electron chi connectivity index (χ3n) is 6.38. The van der Waals surface area contributed by atoms with Gasteiger partial charge in [-0.2, -0.15) is 0 Å². The minimum atomic E-state index is 0.216. The second-order valence-electron chi connectivity index (χ2n) is 9.43. The summed E-state index contributed by atoms with van der Waals surface area (Å²) in [6.07, 6.45) is 9.16. The van der Waals surface area contributed by atoms with Crippen LogP contribution in [0.1, 0.15) is 86.0 Å². The molecule has 2 saturated carbocycles. The van der Waals surface area contributed by atoms with Gasteiger partial charge in [-0.25, -0.2) is 0 Å². The number of hydrogen-bond acceptors (Lipinski definition) is 2. The third kappa shape index (κ3) is 4.61. The molecule has 2 nitrogen and oxygen atoms in total. The summed E-state index contributed by atoms with van der Waals surface area (Å²) in [5.41, 5.74) is 1.76. The molecule has 0 aromatic heterocycles. The molecule has 0 amide bonds. The third-order valence-corrected chi connectivity index (χ3v) is 6.38. The summed E-state index contributed by atoms with van der Waals surface area (Å²) in [6.45, 7) is 11.3. The van der Waals surface area contributed by atoms with Crippen molar-refractivity contribution in [3.63, 3.8) is 0 Å². The van der Waals surface area contributed by atoms with Gasteiger partial charge >= 0.3 is 0 Å². The highest BCUT2D eigenvalue weighted by atomic mass is 16.5. The Morgan fingerprint density at radius 1 is 0.826 bits per heavy atom. The van der Waals surface area contributed by atoms with Gasteiger partial charge in [0.25, 0.3) is 0 Å². The zero-order valence-electron chi connectivity index (χ0n) is 16.1. The predicted octanol–water partition coefficient (Wildman–Crippen LogP) is 5.91. The maximum Gasteiger partial charge on any atom is 0.165 e. The molecular weight excluding hydrogens is 284 g/mol. The van der Waals surface area contributed by atoms with E-state index in [2.05, 4.69) is 27.7 Å². The smallest absolute Gasteiger partial charge is 0.165 e. The monoisotopic (exact) mass is 320 g/mol. The molecule has 2 aliphatic carbocycles. The van der Waals surface area contributed by atoms with Crippen LogP contribution in [0.2, 0.25) is 0 Å². The van der Waals surface area contributed by atoms with Gasteiger partial charge in [0.15, 0.2) is 5.78 Å². The summed E-state index contributed by atoms with van der Waals surface area (Å²) in [6, 6.07) is 0. The summed E-state index contributed by atoms with van der Waals surface area (Å²) in [7, 11) is 1.75. The number of carbonyl (C=O) groups excluding carboxylic acids is 1. The molecule has 0 aliphatic heterocycles. The van der Waals surface area contributed by atoms with Crippen molar-refractivity contribution in [3.8, 4) is 0 Å². The lowest BCUT2D eigenvalue weighted by Gasteiger charge is -2.36. The molecule has 132 valence electrons. The van der Waals surface area contributed by atoms with Crippen molar-refractivity contribution in [1.82, 2.24) is 0 Å². The van der Waals surface area contributed by atoms with Crippen LogP contribution in [0.5, 0.6) is 0 Å². The number of methoxy groups -OCH3 is 1. The maximum atomic E-state index is 12.9. The number of hydrogen-bond donors (Lipinski definition) is 0. The summed E-state index contributed by atoms with van der Waals surface area (Å²) < 4.78 is 5.73. The molecule has 23 heavy (non-hydrogen) atoms. The van der Waals surface area contributed by atoms with Crippen molar-refractivity contribution in [2.45, 2.75) is 86.0 Å². The Kier molecular flexibility index (Phi) is 5.63. The molecule has 2 fully saturated rings. The Hall–Kier alpha value is -0.790. The first-order valence-corrected chi connectivity index (χ1v) is 9.44. The normalized spacial score (nSPS) is 26.5. The number of rotatable bonds is 4. The van der Waals surface area contributed by atoms with Gasteiger partial charge < -0.3 is 4.74 Å². The van der Waals surface area contributed by atoms with E-state index < -0.39 is 0 Å². The van der Waals surface area contributed by atoms with Crippen molar-refractivity contribution in [2.75, 3.05) is 7.11 Å². The van der Waals surface area contributed by atoms with Crippen LogP contribution in [0.15, 0.2) is 11.3 Å². The summed E-state index contributed by atoms with van der Waals surface area (Å²) >= 11 is 0. The minimum absolute atomic E-state index is 0.216. The van der Waals surface area contributed by atoms with Crippen LogP contribution < -0.4 is 0 Å². The van der Waals surface area contributed by atoms with Gasteiger partial charge in [0, 0.05) is 17.4 Å². The topological polar surface area (TPSA) is 26.3 Å². The van der Waals surface area contributed by atoms with Gasteiger partial charge in [-0.3, -0.25) is 4.79 Å². The van der Waals surface area contributed by atoms with Crippen molar-refractivity contribution in [3.05, 3.63) is 11.3 Å². The van der Waals surface area contributed by atoms with Crippen LogP contribution in [0, 0.1) is 22.7 Å². The minimum Gasteiger partial charge on any atom is -0.500 e. The van der Waals surface area contributed by atoms with Crippen molar-refractivity contribution < 1.29 is 9.53 Å². The Balaban J connectivity index is 2.06. The fourth-order valence-corrected chi connectivity index (χ4v) is 4.38. The average Bonchev–Trinajstić information content (AvgIpc) is 2.48. The van der Waals surface area contributed by atoms with E-state index in [1.165, 1.54) is 12.8 Å². The molecule has 2 heteroatoms. The van der Waals surface area contributed by atoms with Gasteiger partial charge in [-0.15, -0.1) is 0 Å². The summed E-state index contributed by atoms with van der Waals surface area (Å²) in [5.74, 6) is 1.99. The zero-order valence-corrected chi connectivity index (χ0v) is 16.1. The predicted molar refractivity (Wildman–Crippen MR) is 96.2 cm³/mol. The molecule has 0 bridgehead atoms. The van der Waals surface area contributed by atoms with E-state index in [4.69, 9.17) is 4.74 Å². The quantitative estimate of drug-likeness (QED) is 0.475. The van der Waals surface area contributed by atoms with Crippen LogP contribution >= 0.6 is 0 Å². The molecule has 0 unspecified atom stereocenters. The highest BCUT2D eigenvalue weighted by Crippen LogP contribution is 2.43. The first-order valence-electron chi connectivity index (χ1n) is 9.44. The van der Waals surface area contributed by atoms with Crippen LogP contribution in [-0.2, 0) is 9.53 Å². The lowest BCUT2D eigenvalue weighted by atomic mass is 9.70. The van der Waals surface area contributed by atoms with E-state index in [0.29, 0.717) is 22.5 Å². The first-order chi connectivity index (χ1) is 10.7. The Labute approximate surface area is 143 Å². The number of Topliss-reactive ketones (excluding diaryl/α,β-unsaturated/α-hetero) is 1. The van der Waals surface area contributed by atoms with Crippen LogP contribution in [0.4, 0.5) is 0 Å². The molecule has 0 aromatic carbocycles. The molecule has 0 spiro atoms. The average molecular weight is 321 g/mol. The molecule has 0 aromatic rings. The van der Waals surface area contributed by atoms with Crippen LogP contribution in [0.25, 0.3) is 0 Å². The van der Waals surface area contributed by atoms with E-state index >= 15 is 0 Å². The fraction of sp³-hybridized carbons (Fsp3) is 0.857. The van der Waals surface area contributed by atoms with Crippen LogP contribution in [-0.4, -0.2) is 12.9 Å². The van der Waals surface area contributed by atoms with Gasteiger partial charge in [0.05, 0.1) is 7.11 Å². The van der Waals surface area contributed by atoms with Gasteiger partial charge in [0.1, 0.15) is 5.76 Å². The fourth-order valence-electron chi connectivity index (χ4n) is 4.38. The van der Waals surface area contributed by atoms with Gasteiger partial charge in [-0.05, 0) is 69.1 Å². The Bertz CT molecular complexity index is 450. The van der Waals surface area contributed by atoms with Crippen molar-refractivity contribution in [1.29, 1.82) is 0 Å². The van der Waals surface area contributed by atoms with E-state index in [-0.39, 0.29) is 5.92 Å². The Morgan fingerprint density at radius 2 is 1.22 bits per heavy atom. The number of ether oxygens (including phenoxy) is 1. The van der Waals surface area contributed by atoms with E-state index in [1.54, 1.807) is 7.11 Å². The Morgan fingerprint density at radius 3 is 1.61 bits per heavy atom. The molecular formula is C21H36O2. The summed E-state index contributed by atoms with van der Waals surface area (Å²) in [5, 5.41) is 0. The van der Waals surface area contributed by atoms with Gasteiger partial charge in [-0.1, -0.05) is 27.7 Å². The van der Waals surface area contributed by atoms with E-state index in [9.17, 15) is 4.79 Å². The second-order valence-corrected chi connectivity index (χ2v) is 9.43. The number of ketones is 1. The molecule has 0 heterocycles. The van der Waals surface area contributed by atoms with E-state index in [0.717, 1.165) is 49.9 Å². The standard InChI is InChI=1S/C21H36O2/c1-15(18(22)16-7-11-20(2,3)12-8-16)19(23-6)17-9-13-21(4,5)14-10-17/h16-17H,7-14H2,1-6H3/b19-15-. The second kappa shape index (κ2) is 6.99. The lowest BCUT2D eigenvalue weighted by molar-refractivity contribution is -0.121. The van der Waals surface area contributed by atoms with Crippen molar-refractivity contribution >= 4 is 5.78 Å². The largest absolute Gasteiger partial charge is 0.500 e. The molecule has 0 radical (unpaired) electrons. The maximum absolute atomic E-state index is 12.9. The van der Waals surface area contributed by atoms with Gasteiger partial charge in [0.2, 0.25) is 0 Å². The lowest BCUT2D eigenvalue weighted by Crippen LogP contribution is -2.28. The molecule has 0 atom stereocenters. The molecule has 2 rings (SSSR count).